The molecule has 2 aliphatic rings. The van der Waals surface area contributed by atoms with Crippen molar-refractivity contribution in [3.05, 3.63) is 12.0 Å². The largest absolute Gasteiger partial charge is 0.461 e. The van der Waals surface area contributed by atoms with Gasteiger partial charge in [0.25, 0.3) is 0 Å². The molecule has 182 valence electrons. The number of esters is 1. The molecule has 3 aromatic rings. The smallest absolute Gasteiger partial charge is 0.361 e. The van der Waals surface area contributed by atoms with Gasteiger partial charge in [0.2, 0.25) is 5.69 Å². The van der Waals surface area contributed by atoms with Crippen LogP contribution in [0.1, 0.15) is 49.3 Å². The van der Waals surface area contributed by atoms with Crippen LogP contribution in [0.25, 0.3) is 22.7 Å². The zero-order chi connectivity index (χ0) is 23.8. The number of imidazole rings is 1. The average molecular weight is 474 g/mol. The third-order valence-corrected chi connectivity index (χ3v) is 6.14. The molecule has 14 heteroatoms. The lowest BCUT2D eigenvalue weighted by Gasteiger charge is -2.17. The second-order valence-electron chi connectivity index (χ2n) is 8.32. The minimum Gasteiger partial charge on any atom is -0.461 e. The highest BCUT2D eigenvalue weighted by atomic mass is 16.6. The summed E-state index contributed by atoms with van der Waals surface area (Å²) in [4.78, 5) is 25.9. The number of anilines is 1. The Labute approximate surface area is 193 Å². The van der Waals surface area contributed by atoms with Gasteiger partial charge >= 0.3 is 5.97 Å². The van der Waals surface area contributed by atoms with Crippen LogP contribution >= 0.6 is 0 Å². The van der Waals surface area contributed by atoms with Gasteiger partial charge in [-0.05, 0) is 19.8 Å². The number of carbonyl (C=O) groups excluding carboxylic acids is 1. The number of aliphatic hydroxyl groups excluding tert-OH is 3. The molecule has 0 radical (unpaired) electrons. The molecule has 0 bridgehead atoms. The summed E-state index contributed by atoms with van der Waals surface area (Å²) in [6.07, 6.45) is 0.998. The van der Waals surface area contributed by atoms with Crippen molar-refractivity contribution in [1.29, 1.82) is 0 Å². The lowest BCUT2D eigenvalue weighted by atomic mass is 10.1. The molecule has 2 fully saturated rings. The maximum Gasteiger partial charge on any atom is 0.361 e. The number of ether oxygens (including phenoxy) is 2. The van der Waals surface area contributed by atoms with Gasteiger partial charge in [0.15, 0.2) is 34.7 Å². The molecule has 14 nitrogen and oxygen atoms in total. The van der Waals surface area contributed by atoms with Gasteiger partial charge in [-0.2, -0.15) is 10.3 Å². The van der Waals surface area contributed by atoms with Gasteiger partial charge in [-0.25, -0.2) is 19.7 Å². The van der Waals surface area contributed by atoms with E-state index >= 15 is 0 Å². The van der Waals surface area contributed by atoms with E-state index in [9.17, 15) is 20.1 Å². The van der Waals surface area contributed by atoms with Crippen molar-refractivity contribution in [2.75, 3.05) is 18.5 Å². The third kappa shape index (κ3) is 3.87. The highest BCUT2D eigenvalue weighted by Gasteiger charge is 2.44. The Morgan fingerprint density at radius 1 is 1.26 bits per heavy atom. The van der Waals surface area contributed by atoms with Gasteiger partial charge in [0.1, 0.15) is 18.3 Å². The van der Waals surface area contributed by atoms with Crippen molar-refractivity contribution < 1.29 is 29.6 Å². The van der Waals surface area contributed by atoms with Crippen molar-refractivity contribution in [3.8, 4) is 11.5 Å². The van der Waals surface area contributed by atoms with Gasteiger partial charge in [-0.1, -0.05) is 12.8 Å². The molecule has 3 aromatic heterocycles. The first-order valence-corrected chi connectivity index (χ1v) is 11.2. The molecule has 1 saturated heterocycles. The minimum atomic E-state index is -1.32. The van der Waals surface area contributed by atoms with E-state index < -0.39 is 37.1 Å². The number of aliphatic hydroxyl groups is 3. The van der Waals surface area contributed by atoms with E-state index in [2.05, 4.69) is 35.7 Å². The van der Waals surface area contributed by atoms with Gasteiger partial charge in [-0.3, -0.25) is 4.57 Å². The van der Waals surface area contributed by atoms with E-state index in [1.807, 2.05) is 0 Å². The highest BCUT2D eigenvalue weighted by molar-refractivity contribution is 5.94. The molecule has 0 spiro atoms. The highest BCUT2D eigenvalue weighted by Crippen LogP contribution is 2.34. The van der Waals surface area contributed by atoms with Gasteiger partial charge < -0.3 is 30.1 Å². The van der Waals surface area contributed by atoms with E-state index in [4.69, 9.17) is 9.47 Å². The van der Waals surface area contributed by atoms with Crippen molar-refractivity contribution >= 4 is 23.0 Å². The summed E-state index contributed by atoms with van der Waals surface area (Å²) >= 11 is 0. The van der Waals surface area contributed by atoms with Crippen molar-refractivity contribution in [1.82, 2.24) is 34.9 Å². The quantitative estimate of drug-likeness (QED) is 0.282. The zero-order valence-corrected chi connectivity index (χ0v) is 18.5. The lowest BCUT2D eigenvalue weighted by Crippen LogP contribution is -2.33. The molecule has 4 heterocycles. The summed E-state index contributed by atoms with van der Waals surface area (Å²) in [7, 11) is 0. The Morgan fingerprint density at radius 2 is 2.06 bits per heavy atom. The molecule has 1 aliphatic carbocycles. The number of fused-ring (bicyclic) bond motifs is 1. The van der Waals surface area contributed by atoms with E-state index in [-0.39, 0.29) is 35.5 Å². The number of rotatable bonds is 7. The molecule has 5 N–H and O–H groups in total. The number of aromatic nitrogens is 7. The van der Waals surface area contributed by atoms with Crippen molar-refractivity contribution in [2.45, 2.75) is 63.2 Å². The molecule has 1 saturated carbocycles. The molecular formula is C20H26N8O6. The average Bonchev–Trinajstić information content (AvgIpc) is 3.62. The number of nitrogens with zero attached hydrogens (tertiary/aromatic N) is 6. The van der Waals surface area contributed by atoms with E-state index in [0.717, 1.165) is 25.7 Å². The van der Waals surface area contributed by atoms with E-state index in [1.54, 1.807) is 6.92 Å². The van der Waals surface area contributed by atoms with Gasteiger partial charge in [-0.15, -0.1) is 5.10 Å². The predicted octanol–water partition coefficient (Wildman–Crippen LogP) is -0.246. The Balaban J connectivity index is 1.62. The standard InChI is InChI=1S/C20H26N8O6/c1-2-33-20(32)12-11(25-27-26-12)16-23-17(22-9-5-3-4-6-9)13-18(24-16)28(8-21-13)19-15(31)14(30)10(7-29)34-19/h8-10,14-15,19,29-31H,2-7H2,1H3,(H,22,23,24)(H,25,26,27)/t10-,14-,15-,19?/m1/s1. The van der Waals surface area contributed by atoms with Crippen LogP contribution in [-0.4, -0.2) is 93.8 Å². The molecular weight excluding hydrogens is 448 g/mol. The number of H-pyrrole nitrogens is 1. The number of aromatic amines is 1. The van der Waals surface area contributed by atoms with Gasteiger partial charge in [0, 0.05) is 6.04 Å². The second kappa shape index (κ2) is 9.21. The third-order valence-electron chi connectivity index (χ3n) is 6.14. The molecule has 1 unspecified atom stereocenters. The maximum absolute atomic E-state index is 12.4. The predicted molar refractivity (Wildman–Crippen MR) is 116 cm³/mol. The van der Waals surface area contributed by atoms with Crippen molar-refractivity contribution in [3.63, 3.8) is 0 Å². The summed E-state index contributed by atoms with van der Waals surface area (Å²) in [5.74, 6) is -0.134. The lowest BCUT2D eigenvalue weighted by molar-refractivity contribution is -0.0511. The second-order valence-corrected chi connectivity index (χ2v) is 8.32. The Bertz CT molecular complexity index is 1180. The fraction of sp³-hybridized carbons (Fsp3) is 0.600. The van der Waals surface area contributed by atoms with E-state index in [1.165, 1.54) is 10.9 Å². The molecule has 5 rings (SSSR count). The van der Waals surface area contributed by atoms with Crippen LogP contribution in [0.3, 0.4) is 0 Å². The minimum absolute atomic E-state index is 0.0630. The Morgan fingerprint density at radius 3 is 2.76 bits per heavy atom. The summed E-state index contributed by atoms with van der Waals surface area (Å²) in [6, 6.07) is 0.201. The van der Waals surface area contributed by atoms with E-state index in [0.29, 0.717) is 11.3 Å². The van der Waals surface area contributed by atoms with Gasteiger partial charge in [0.05, 0.1) is 19.5 Å². The van der Waals surface area contributed by atoms with Crippen LogP contribution < -0.4 is 5.32 Å². The van der Waals surface area contributed by atoms with Crippen LogP contribution in [0, 0.1) is 0 Å². The first-order valence-electron chi connectivity index (χ1n) is 11.2. The Hall–Kier alpha value is -3.20. The number of nitrogens with one attached hydrogen (secondary N) is 2. The number of carbonyl (C=O) groups is 1. The molecule has 0 amide bonds. The molecule has 34 heavy (non-hydrogen) atoms. The number of hydrogen-bond donors (Lipinski definition) is 5. The molecule has 0 aromatic carbocycles. The normalized spacial score (nSPS) is 25.3. The van der Waals surface area contributed by atoms with Crippen molar-refractivity contribution in [2.24, 2.45) is 0 Å². The van der Waals surface area contributed by atoms with Crippen LogP contribution in [0.2, 0.25) is 0 Å². The monoisotopic (exact) mass is 474 g/mol. The summed E-state index contributed by atoms with van der Waals surface area (Å²) in [6.45, 7) is 1.39. The van der Waals surface area contributed by atoms with Crippen LogP contribution in [0.5, 0.6) is 0 Å². The van der Waals surface area contributed by atoms with Crippen LogP contribution in [0.15, 0.2) is 6.33 Å². The fourth-order valence-electron chi connectivity index (χ4n) is 4.41. The Kier molecular flexibility index (Phi) is 6.12. The number of hydrogen-bond acceptors (Lipinski definition) is 12. The SMILES string of the molecule is CCOC(=O)c1n[nH]nc1-c1nc(NC2CCCC2)c2ncn(C3O[C@H](CO)[C@@H](O)[C@H]3O)c2n1. The zero-order valence-electron chi connectivity index (χ0n) is 18.5. The summed E-state index contributed by atoms with van der Waals surface area (Å²) in [5, 5.41) is 44.0. The fourth-order valence-corrected chi connectivity index (χ4v) is 4.41. The first-order chi connectivity index (χ1) is 16.5. The topological polar surface area (TPSA) is 193 Å². The molecule has 1 aliphatic heterocycles. The van der Waals surface area contributed by atoms with Crippen LogP contribution in [0.4, 0.5) is 5.82 Å². The summed E-state index contributed by atoms with van der Waals surface area (Å²) < 4.78 is 12.2. The first kappa shape index (κ1) is 22.6. The summed E-state index contributed by atoms with van der Waals surface area (Å²) in [5.41, 5.74) is 0.753. The molecule has 4 atom stereocenters. The maximum atomic E-state index is 12.4. The van der Waals surface area contributed by atoms with Crippen LogP contribution in [-0.2, 0) is 9.47 Å².